The molecule has 0 radical (unpaired) electrons. The molecule has 0 aliphatic rings. The van der Waals surface area contributed by atoms with Crippen LogP contribution in [0.5, 0.6) is 0 Å². The minimum Gasteiger partial charge on any atom is -0.244 e. The monoisotopic (exact) mass is 242 g/mol. The van der Waals surface area contributed by atoms with E-state index in [1.54, 1.807) is 12.1 Å². The molecule has 6 heteroatoms. The maximum absolute atomic E-state index is 11.3. The fourth-order valence-corrected chi connectivity index (χ4v) is 2.27. The number of sulfonamides is 1. The number of aromatic nitrogens is 1. The Balaban J connectivity index is 2.92. The highest BCUT2D eigenvalue weighted by molar-refractivity contribution is 7.89. The van der Waals surface area contributed by atoms with E-state index in [2.05, 4.69) is 4.98 Å². The SMILES string of the molecule is NS(=O)(=O)c1cccc2cnc(Cl)cc12. The summed E-state index contributed by atoms with van der Waals surface area (Å²) in [5.74, 6) is 0. The number of rotatable bonds is 1. The molecule has 0 spiro atoms. The zero-order valence-corrected chi connectivity index (χ0v) is 9.09. The van der Waals surface area contributed by atoms with E-state index in [-0.39, 0.29) is 10.0 Å². The number of halogens is 1. The van der Waals surface area contributed by atoms with E-state index in [1.807, 2.05) is 0 Å². The quantitative estimate of drug-likeness (QED) is 0.771. The maximum Gasteiger partial charge on any atom is 0.238 e. The second-order valence-electron chi connectivity index (χ2n) is 3.03. The first-order valence-corrected chi connectivity index (χ1v) is 5.98. The lowest BCUT2D eigenvalue weighted by molar-refractivity contribution is 0.598. The summed E-state index contributed by atoms with van der Waals surface area (Å²) in [4.78, 5) is 3.92. The van der Waals surface area contributed by atoms with E-state index in [4.69, 9.17) is 16.7 Å². The van der Waals surface area contributed by atoms with Crippen molar-refractivity contribution in [3.05, 3.63) is 35.6 Å². The fraction of sp³-hybridized carbons (Fsp3) is 0. The minimum absolute atomic E-state index is 0.0595. The highest BCUT2D eigenvalue weighted by Gasteiger charge is 2.12. The van der Waals surface area contributed by atoms with Gasteiger partial charge in [-0.1, -0.05) is 23.7 Å². The van der Waals surface area contributed by atoms with Crippen molar-refractivity contribution in [2.75, 3.05) is 0 Å². The molecule has 2 N–H and O–H groups in total. The van der Waals surface area contributed by atoms with E-state index in [9.17, 15) is 8.42 Å². The van der Waals surface area contributed by atoms with Crippen LogP contribution < -0.4 is 5.14 Å². The summed E-state index contributed by atoms with van der Waals surface area (Å²) in [5, 5.41) is 6.49. The van der Waals surface area contributed by atoms with Crippen molar-refractivity contribution in [3.8, 4) is 0 Å². The Kier molecular flexibility index (Phi) is 2.38. The normalized spacial score (nSPS) is 11.9. The van der Waals surface area contributed by atoms with Gasteiger partial charge < -0.3 is 0 Å². The van der Waals surface area contributed by atoms with E-state index < -0.39 is 10.0 Å². The van der Waals surface area contributed by atoms with Crippen molar-refractivity contribution in [1.82, 2.24) is 4.98 Å². The van der Waals surface area contributed by atoms with Crippen molar-refractivity contribution >= 4 is 32.4 Å². The first kappa shape index (κ1) is 10.4. The maximum atomic E-state index is 11.3. The topological polar surface area (TPSA) is 73.1 Å². The molecule has 0 aliphatic carbocycles. The van der Waals surface area contributed by atoms with Gasteiger partial charge in [-0.2, -0.15) is 0 Å². The van der Waals surface area contributed by atoms with Gasteiger partial charge >= 0.3 is 0 Å². The molecule has 0 amide bonds. The van der Waals surface area contributed by atoms with Crippen molar-refractivity contribution in [2.24, 2.45) is 5.14 Å². The van der Waals surface area contributed by atoms with Crippen molar-refractivity contribution < 1.29 is 8.42 Å². The van der Waals surface area contributed by atoms with Crippen LogP contribution in [0.15, 0.2) is 35.4 Å². The van der Waals surface area contributed by atoms with Crippen LogP contribution in [0.3, 0.4) is 0 Å². The van der Waals surface area contributed by atoms with Gasteiger partial charge in [-0.15, -0.1) is 0 Å². The summed E-state index contributed by atoms with van der Waals surface area (Å²) in [6.45, 7) is 0. The number of pyridine rings is 1. The zero-order valence-electron chi connectivity index (χ0n) is 7.51. The van der Waals surface area contributed by atoms with Crippen molar-refractivity contribution in [1.29, 1.82) is 0 Å². The lowest BCUT2D eigenvalue weighted by Gasteiger charge is -2.03. The lowest BCUT2D eigenvalue weighted by Crippen LogP contribution is -2.12. The molecule has 78 valence electrons. The molecule has 1 heterocycles. The minimum atomic E-state index is -3.73. The van der Waals surface area contributed by atoms with E-state index >= 15 is 0 Å². The summed E-state index contributed by atoms with van der Waals surface area (Å²) in [5.41, 5.74) is 0. The van der Waals surface area contributed by atoms with Gasteiger partial charge in [0.1, 0.15) is 5.15 Å². The number of hydrogen-bond acceptors (Lipinski definition) is 3. The second kappa shape index (κ2) is 3.44. The van der Waals surface area contributed by atoms with Gasteiger partial charge in [-0.25, -0.2) is 18.5 Å². The molecule has 0 bridgehead atoms. The molecule has 0 unspecified atom stereocenters. The third-order valence-corrected chi connectivity index (χ3v) is 3.17. The van der Waals surface area contributed by atoms with E-state index in [0.717, 1.165) is 0 Å². The zero-order chi connectivity index (χ0) is 11.1. The van der Waals surface area contributed by atoms with Gasteiger partial charge in [0.15, 0.2) is 0 Å². The van der Waals surface area contributed by atoms with E-state index in [1.165, 1.54) is 18.3 Å². The molecule has 0 fully saturated rings. The molecule has 0 aliphatic heterocycles. The smallest absolute Gasteiger partial charge is 0.238 e. The van der Waals surface area contributed by atoms with Gasteiger partial charge in [0.2, 0.25) is 10.0 Å². The van der Waals surface area contributed by atoms with Crippen LogP contribution in [0, 0.1) is 0 Å². The average molecular weight is 243 g/mol. The number of fused-ring (bicyclic) bond motifs is 1. The highest BCUT2D eigenvalue weighted by atomic mass is 35.5. The molecule has 1 aromatic heterocycles. The van der Waals surface area contributed by atoms with Gasteiger partial charge in [-0.05, 0) is 12.1 Å². The Labute approximate surface area is 91.7 Å². The molecule has 0 atom stereocenters. The lowest BCUT2D eigenvalue weighted by atomic mass is 10.2. The molecule has 2 aromatic rings. The van der Waals surface area contributed by atoms with Crippen molar-refractivity contribution in [3.63, 3.8) is 0 Å². The number of nitrogens with zero attached hydrogens (tertiary/aromatic N) is 1. The predicted molar refractivity (Wildman–Crippen MR) is 58.1 cm³/mol. The van der Waals surface area contributed by atoms with Gasteiger partial charge in [0.25, 0.3) is 0 Å². The molecular formula is C9H7ClN2O2S. The molecule has 2 rings (SSSR count). The number of hydrogen-bond donors (Lipinski definition) is 1. The second-order valence-corrected chi connectivity index (χ2v) is 4.95. The Morgan fingerprint density at radius 3 is 2.73 bits per heavy atom. The number of primary sulfonamides is 1. The van der Waals surface area contributed by atoms with Crippen molar-refractivity contribution in [2.45, 2.75) is 4.90 Å². The Hall–Kier alpha value is -1.17. The van der Waals surface area contributed by atoms with Crippen LogP contribution in [-0.4, -0.2) is 13.4 Å². The van der Waals surface area contributed by atoms with Crippen LogP contribution in [0.25, 0.3) is 10.8 Å². The summed E-state index contributed by atoms with van der Waals surface area (Å²) >= 11 is 5.69. The predicted octanol–water partition coefficient (Wildman–Crippen LogP) is 1.54. The largest absolute Gasteiger partial charge is 0.244 e. The standard InChI is InChI=1S/C9H7ClN2O2S/c10-9-4-7-6(5-12-9)2-1-3-8(7)15(11,13)14/h1-5H,(H2,11,13,14). The van der Waals surface area contributed by atoms with Crippen LogP contribution in [-0.2, 0) is 10.0 Å². The molecule has 0 saturated heterocycles. The Bertz CT molecular complexity index is 625. The summed E-state index contributed by atoms with van der Waals surface area (Å²) in [7, 11) is -3.73. The Morgan fingerprint density at radius 1 is 1.33 bits per heavy atom. The summed E-state index contributed by atoms with van der Waals surface area (Å²) in [6, 6.07) is 6.27. The number of nitrogens with two attached hydrogens (primary N) is 1. The molecule has 0 saturated carbocycles. The van der Waals surface area contributed by atoms with Crippen LogP contribution in [0.4, 0.5) is 0 Å². The third-order valence-electron chi connectivity index (χ3n) is 2.00. The summed E-state index contributed by atoms with van der Waals surface area (Å²) in [6.07, 6.45) is 1.51. The molecule has 1 aromatic carbocycles. The van der Waals surface area contributed by atoms with Crippen LogP contribution >= 0.6 is 11.6 Å². The third kappa shape index (κ3) is 1.94. The molecular weight excluding hydrogens is 236 g/mol. The van der Waals surface area contributed by atoms with Crippen LogP contribution in [0.1, 0.15) is 0 Å². The first-order valence-electron chi connectivity index (χ1n) is 4.05. The van der Waals surface area contributed by atoms with Gasteiger partial charge in [-0.3, -0.25) is 0 Å². The van der Waals surface area contributed by atoms with E-state index in [0.29, 0.717) is 10.8 Å². The summed E-state index contributed by atoms with van der Waals surface area (Å²) < 4.78 is 22.5. The fourth-order valence-electron chi connectivity index (χ4n) is 1.36. The molecule has 15 heavy (non-hydrogen) atoms. The average Bonchev–Trinajstić information content (AvgIpc) is 2.15. The first-order chi connectivity index (χ1) is 6.98. The highest BCUT2D eigenvalue weighted by Crippen LogP contribution is 2.23. The Morgan fingerprint density at radius 2 is 2.07 bits per heavy atom. The molecule has 4 nitrogen and oxygen atoms in total. The van der Waals surface area contributed by atoms with Gasteiger partial charge in [0, 0.05) is 17.0 Å². The number of benzene rings is 1. The van der Waals surface area contributed by atoms with Gasteiger partial charge in [0.05, 0.1) is 4.90 Å². The van der Waals surface area contributed by atoms with Crippen LogP contribution in [0.2, 0.25) is 5.15 Å².